The number of rotatable bonds is 9. The van der Waals surface area contributed by atoms with Crippen LogP contribution in [0.3, 0.4) is 0 Å². The van der Waals surface area contributed by atoms with E-state index < -0.39 is 7.14 Å². The number of terminal acetylenes is 1. The van der Waals surface area contributed by atoms with Crippen LogP contribution in [0.2, 0.25) is 0 Å². The number of nitrogens with one attached hydrogen (secondary N) is 2. The third-order valence-corrected chi connectivity index (χ3v) is 10.8. The number of piperidine rings is 1. The average molecular weight is 654 g/mol. The van der Waals surface area contributed by atoms with Gasteiger partial charge in [0, 0.05) is 69.5 Å². The van der Waals surface area contributed by atoms with Gasteiger partial charge in [-0.05, 0) is 63.4 Å². The van der Waals surface area contributed by atoms with Gasteiger partial charge in [-0.3, -0.25) is 14.9 Å². The average Bonchev–Trinajstić information content (AvgIpc) is 3.08. The number of piperazine rings is 1. The Balaban J connectivity index is 1.25. The van der Waals surface area contributed by atoms with E-state index in [0.29, 0.717) is 51.1 Å². The molecule has 2 N–H and O–H groups in total. The summed E-state index contributed by atoms with van der Waals surface area (Å²) < 4.78 is 19.4. The highest BCUT2D eigenvalue weighted by molar-refractivity contribution is 7.71. The summed E-state index contributed by atoms with van der Waals surface area (Å²) in [6.45, 7) is 12.3. The first-order valence-electron chi connectivity index (χ1n) is 16.2. The predicted octanol–water partition coefficient (Wildman–Crippen LogP) is 4.92. The minimum absolute atomic E-state index is 0.353. The highest BCUT2D eigenvalue weighted by Gasteiger charge is 2.28. The van der Waals surface area contributed by atoms with Gasteiger partial charge in [0.05, 0.1) is 41.1 Å². The summed E-state index contributed by atoms with van der Waals surface area (Å²) >= 11 is 0. The monoisotopic (exact) mass is 653 g/mol. The predicted molar refractivity (Wildman–Crippen MR) is 192 cm³/mol. The molecule has 47 heavy (non-hydrogen) atoms. The number of aromatic nitrogens is 4. The molecular weight excluding hydrogens is 609 g/mol. The third-order valence-electron chi connectivity index (χ3n) is 9.24. The van der Waals surface area contributed by atoms with Gasteiger partial charge in [-0.15, -0.1) is 6.42 Å². The molecule has 2 aliphatic rings. The van der Waals surface area contributed by atoms with Crippen molar-refractivity contribution < 1.29 is 9.30 Å². The minimum atomic E-state index is -2.78. The fourth-order valence-corrected chi connectivity index (χ4v) is 8.07. The maximum absolute atomic E-state index is 13.5. The van der Waals surface area contributed by atoms with Crippen molar-refractivity contribution in [3.63, 3.8) is 0 Å². The topological polar surface area (TPSA) is 112 Å². The number of hydrogen-bond acceptors (Lipinski definition) is 11. The molecule has 0 amide bonds. The number of aryl methyl sites for hydroxylation is 1. The number of fused-ring (bicyclic) bond motifs is 1. The van der Waals surface area contributed by atoms with Gasteiger partial charge < -0.3 is 29.7 Å². The summed E-state index contributed by atoms with van der Waals surface area (Å²) in [4.78, 5) is 25.8. The van der Waals surface area contributed by atoms with Crippen molar-refractivity contribution in [3.05, 3.63) is 54.0 Å². The van der Waals surface area contributed by atoms with Gasteiger partial charge in [0.1, 0.15) is 18.4 Å². The smallest absolute Gasteiger partial charge is 0.229 e. The van der Waals surface area contributed by atoms with E-state index in [0.717, 1.165) is 64.2 Å². The Hall–Kier alpha value is -4.23. The van der Waals surface area contributed by atoms with E-state index in [2.05, 4.69) is 72.3 Å². The molecular formula is C35H44N9O2P. The Bertz CT molecular complexity index is 1840. The van der Waals surface area contributed by atoms with Crippen LogP contribution < -0.4 is 25.6 Å². The second-order valence-corrected chi connectivity index (χ2v) is 15.8. The van der Waals surface area contributed by atoms with E-state index in [1.807, 2.05) is 12.1 Å². The number of nitrogens with zero attached hydrogens (tertiary/aromatic N) is 7. The van der Waals surface area contributed by atoms with Crippen LogP contribution in [0.4, 0.5) is 28.8 Å². The van der Waals surface area contributed by atoms with Crippen LogP contribution >= 0.6 is 7.14 Å². The molecule has 2 aromatic carbocycles. The zero-order chi connectivity index (χ0) is 33.1. The van der Waals surface area contributed by atoms with E-state index in [1.54, 1.807) is 39.0 Å². The summed E-state index contributed by atoms with van der Waals surface area (Å²) in [6, 6.07) is 8.60. The van der Waals surface area contributed by atoms with Crippen molar-refractivity contribution in [2.75, 3.05) is 82.3 Å². The number of benzene rings is 2. The molecule has 2 aromatic heterocycles. The van der Waals surface area contributed by atoms with E-state index in [4.69, 9.17) is 16.1 Å². The molecule has 0 atom stereocenters. The molecule has 12 heteroatoms. The van der Waals surface area contributed by atoms with Crippen molar-refractivity contribution in [1.29, 1.82) is 0 Å². The largest absolute Gasteiger partial charge is 0.494 e. The Kier molecular flexibility index (Phi) is 9.65. The lowest BCUT2D eigenvalue weighted by molar-refractivity contribution is 0.0982. The minimum Gasteiger partial charge on any atom is -0.494 e. The zero-order valence-electron chi connectivity index (χ0n) is 28.0. The molecule has 11 nitrogen and oxygen atoms in total. The van der Waals surface area contributed by atoms with E-state index >= 15 is 0 Å². The van der Waals surface area contributed by atoms with Crippen molar-refractivity contribution >= 4 is 52.3 Å². The molecule has 0 spiro atoms. The fraction of sp³-hybridized carbons (Fsp3) is 0.429. The molecule has 0 bridgehead atoms. The third kappa shape index (κ3) is 7.05. The first kappa shape index (κ1) is 32.7. The normalized spacial score (nSPS) is 16.6. The van der Waals surface area contributed by atoms with Crippen LogP contribution in [0.5, 0.6) is 5.75 Å². The molecule has 6 rings (SSSR count). The Labute approximate surface area is 277 Å². The standard InChI is InChI=1S/C35H44N9O2P/c1-7-24-21-29(31(46-4)22-30(24)44-15-11-26(12-16-44)43-19-17-42(3)18-20-43)40-35-38-23-25(8-2)34(41-35)39-28-10-9-27-32(37-14-13-36-27)33(28)47(5,6)45/h2,9-10,13-14,21-23,26H,7,11-12,15-20H2,1,3-6H3,(H2,38,39,40,41). The van der Waals surface area contributed by atoms with E-state index in [-0.39, 0.29) is 0 Å². The van der Waals surface area contributed by atoms with Crippen LogP contribution in [0.25, 0.3) is 11.0 Å². The summed E-state index contributed by atoms with van der Waals surface area (Å²) in [5, 5.41) is 7.30. The SMILES string of the molecule is C#Cc1cnc(Nc2cc(CC)c(N3CCC(N4CCN(C)CC4)CC3)cc2OC)nc1Nc1ccc2nccnc2c1P(C)(C)=O. The van der Waals surface area contributed by atoms with Crippen molar-refractivity contribution in [1.82, 2.24) is 29.7 Å². The van der Waals surface area contributed by atoms with Crippen molar-refractivity contribution in [3.8, 4) is 18.1 Å². The molecule has 4 heterocycles. The number of ether oxygens (including phenoxy) is 1. The summed E-state index contributed by atoms with van der Waals surface area (Å²) in [5.41, 5.74) is 5.55. The van der Waals surface area contributed by atoms with Gasteiger partial charge in [0.15, 0.2) is 5.82 Å². The highest BCUT2D eigenvalue weighted by Crippen LogP contribution is 2.41. The number of likely N-dealkylation sites (N-methyl/N-ethyl adjacent to an activating group) is 1. The van der Waals surface area contributed by atoms with Gasteiger partial charge in [-0.1, -0.05) is 12.8 Å². The lowest BCUT2D eigenvalue weighted by Gasteiger charge is -2.43. The lowest BCUT2D eigenvalue weighted by Crippen LogP contribution is -2.52. The van der Waals surface area contributed by atoms with Gasteiger partial charge in [-0.25, -0.2) is 4.98 Å². The fourth-order valence-electron chi connectivity index (χ4n) is 6.68. The quantitative estimate of drug-likeness (QED) is 0.190. The number of methoxy groups -OCH3 is 1. The van der Waals surface area contributed by atoms with Crippen molar-refractivity contribution in [2.45, 2.75) is 32.2 Å². The molecule has 2 saturated heterocycles. The maximum Gasteiger partial charge on any atom is 0.229 e. The molecule has 4 aromatic rings. The first-order valence-corrected chi connectivity index (χ1v) is 18.8. The summed E-state index contributed by atoms with van der Waals surface area (Å²) in [6.07, 6.45) is 13.9. The Morgan fingerprint density at radius 2 is 1.74 bits per heavy atom. The second-order valence-electron chi connectivity index (χ2n) is 12.7. The van der Waals surface area contributed by atoms with Gasteiger partial charge in [-0.2, -0.15) is 4.98 Å². The van der Waals surface area contributed by atoms with Crippen molar-refractivity contribution in [2.24, 2.45) is 0 Å². The van der Waals surface area contributed by atoms with Crippen LogP contribution in [-0.4, -0.2) is 103 Å². The molecule has 0 radical (unpaired) electrons. The number of anilines is 5. The van der Waals surface area contributed by atoms with Crippen LogP contribution in [0.1, 0.15) is 30.9 Å². The summed E-state index contributed by atoms with van der Waals surface area (Å²) in [5.74, 6) is 4.15. The molecule has 0 unspecified atom stereocenters. The van der Waals surface area contributed by atoms with E-state index in [1.165, 1.54) is 11.3 Å². The van der Waals surface area contributed by atoms with Gasteiger partial charge in [0.2, 0.25) is 5.95 Å². The second kappa shape index (κ2) is 13.9. The number of hydrogen-bond donors (Lipinski definition) is 2. The molecule has 2 aliphatic heterocycles. The first-order chi connectivity index (χ1) is 22.7. The molecule has 2 fully saturated rings. The van der Waals surface area contributed by atoms with Crippen LogP contribution in [0.15, 0.2) is 42.9 Å². The van der Waals surface area contributed by atoms with Gasteiger partial charge in [0.25, 0.3) is 0 Å². The maximum atomic E-state index is 13.5. The Morgan fingerprint density at radius 1 is 1.00 bits per heavy atom. The zero-order valence-corrected chi connectivity index (χ0v) is 28.8. The summed E-state index contributed by atoms with van der Waals surface area (Å²) in [7, 11) is 1.11. The molecule has 0 saturated carbocycles. The Morgan fingerprint density at radius 3 is 2.43 bits per heavy atom. The highest BCUT2D eigenvalue weighted by atomic mass is 31.2. The molecule has 0 aliphatic carbocycles. The van der Waals surface area contributed by atoms with Gasteiger partial charge >= 0.3 is 0 Å². The van der Waals surface area contributed by atoms with Crippen LogP contribution in [-0.2, 0) is 11.0 Å². The lowest BCUT2D eigenvalue weighted by atomic mass is 9.99. The van der Waals surface area contributed by atoms with E-state index in [9.17, 15) is 4.57 Å². The van der Waals surface area contributed by atoms with Crippen LogP contribution in [0, 0.1) is 12.3 Å². The molecule has 246 valence electrons.